The van der Waals surface area contributed by atoms with Crippen LogP contribution in [-0.2, 0) is 11.2 Å². The van der Waals surface area contributed by atoms with Crippen LogP contribution in [0.5, 0.6) is 11.5 Å². The Labute approximate surface area is 265 Å². The summed E-state index contributed by atoms with van der Waals surface area (Å²) in [6.07, 6.45) is 11.5. The van der Waals surface area contributed by atoms with Crippen molar-refractivity contribution in [2.24, 2.45) is 35.3 Å². The van der Waals surface area contributed by atoms with Crippen molar-refractivity contribution in [3.63, 3.8) is 0 Å². The zero-order valence-corrected chi connectivity index (χ0v) is 27.3. The number of carbonyl (C=O) groups is 1. The first-order chi connectivity index (χ1) is 20.9. The van der Waals surface area contributed by atoms with Gasteiger partial charge in [0.05, 0.1) is 12.2 Å². The molecular weight excluding hydrogens is 550 g/mol. The van der Waals surface area contributed by atoms with Crippen molar-refractivity contribution in [2.45, 2.75) is 79.1 Å². The summed E-state index contributed by atoms with van der Waals surface area (Å²) in [7, 11) is 0. The maximum Gasteiger partial charge on any atom is 0.404 e. The maximum absolute atomic E-state index is 11.5. The van der Waals surface area contributed by atoms with Crippen LogP contribution in [0.25, 0.3) is 0 Å². The summed E-state index contributed by atoms with van der Waals surface area (Å²) in [5.74, 6) is 1.02. The highest BCUT2D eigenvalue weighted by atomic mass is 16.6. The molecule has 0 unspecified atom stereocenters. The largest absolute Gasteiger partial charge is 0.457 e. The fraction of sp³-hybridized carbons (Fsp3) is 0.447. The average molecular weight is 604 g/mol. The molecule has 0 bridgehead atoms. The SMILES string of the molecule is C=C/C=C\[C@H](C)[C@H](OC(N)=O)[C@@H](C)[C@H](O)[C@@H](C)C/C(C)=C\[C@H](C)[C@@H](O)[C@@H](C)/C=C\CCc1ccc(Oc2ccccc2)cc1. The molecule has 1 amide bonds. The first-order valence-corrected chi connectivity index (χ1v) is 15.7. The lowest BCUT2D eigenvalue weighted by molar-refractivity contribution is -0.0266. The minimum atomic E-state index is -0.856. The number of ether oxygens (including phenoxy) is 2. The van der Waals surface area contributed by atoms with E-state index in [0.29, 0.717) is 6.42 Å². The zero-order chi connectivity index (χ0) is 32.6. The summed E-state index contributed by atoms with van der Waals surface area (Å²) in [4.78, 5) is 11.5. The van der Waals surface area contributed by atoms with Crippen LogP contribution in [0, 0.1) is 29.6 Å². The number of primary amides is 1. The van der Waals surface area contributed by atoms with Crippen molar-refractivity contribution in [1.29, 1.82) is 0 Å². The lowest BCUT2D eigenvalue weighted by Gasteiger charge is -2.33. The van der Waals surface area contributed by atoms with Crippen molar-refractivity contribution in [3.05, 3.63) is 109 Å². The highest BCUT2D eigenvalue weighted by Crippen LogP contribution is 2.29. The quantitative estimate of drug-likeness (QED) is 0.117. The molecule has 2 aromatic rings. The monoisotopic (exact) mass is 603 g/mol. The van der Waals surface area contributed by atoms with Crippen LogP contribution in [0.3, 0.4) is 0 Å². The molecule has 6 nitrogen and oxygen atoms in total. The molecule has 240 valence electrons. The van der Waals surface area contributed by atoms with Crippen LogP contribution in [0.2, 0.25) is 0 Å². The number of allylic oxidation sites excluding steroid dienone is 4. The topological polar surface area (TPSA) is 102 Å². The number of benzene rings is 2. The van der Waals surface area contributed by atoms with E-state index in [-0.39, 0.29) is 29.6 Å². The number of amides is 1. The van der Waals surface area contributed by atoms with Crippen molar-refractivity contribution in [3.8, 4) is 11.5 Å². The molecule has 44 heavy (non-hydrogen) atoms. The Hall–Kier alpha value is -3.61. The highest BCUT2D eigenvalue weighted by molar-refractivity contribution is 5.64. The van der Waals surface area contributed by atoms with Gasteiger partial charge in [-0.05, 0) is 61.9 Å². The van der Waals surface area contributed by atoms with E-state index in [1.54, 1.807) is 12.2 Å². The van der Waals surface area contributed by atoms with Gasteiger partial charge in [-0.1, -0.05) is 114 Å². The van der Waals surface area contributed by atoms with Gasteiger partial charge in [-0.2, -0.15) is 0 Å². The van der Waals surface area contributed by atoms with Gasteiger partial charge in [0.15, 0.2) is 0 Å². The Morgan fingerprint density at radius 1 is 0.886 bits per heavy atom. The van der Waals surface area contributed by atoms with Crippen LogP contribution in [0.1, 0.15) is 59.9 Å². The average Bonchev–Trinajstić information content (AvgIpc) is 3.00. The van der Waals surface area contributed by atoms with E-state index in [2.05, 4.69) is 36.9 Å². The van der Waals surface area contributed by atoms with Gasteiger partial charge in [0, 0.05) is 23.7 Å². The number of carbonyl (C=O) groups excluding carboxylic acids is 1. The molecule has 0 spiro atoms. The molecule has 0 aliphatic carbocycles. The standard InChI is InChI=1S/C38H53NO5/c1-8-9-15-28(4)37(44-38(39)42)31(7)36(41)30(6)25-26(2)24-29(5)35(40)27(3)16-13-14-17-32-20-22-34(23-21-32)43-33-18-11-10-12-19-33/h8-13,15-16,18-24,27-31,35-37,40-41H,1,14,17,25H2,2-7H3,(H2,39,42)/b15-9-,16-13-,26-24-/t27-,28-,29-,30-,31-,35-,36+,37-/m0/s1. The number of aryl methyl sites for hydroxylation is 1. The number of rotatable bonds is 18. The normalized spacial score (nSPS) is 17.8. The number of para-hydroxylation sites is 1. The number of aliphatic hydroxyl groups is 2. The van der Waals surface area contributed by atoms with E-state index in [4.69, 9.17) is 15.2 Å². The highest BCUT2D eigenvalue weighted by Gasteiger charge is 2.33. The van der Waals surface area contributed by atoms with Crippen LogP contribution in [-0.4, -0.2) is 34.6 Å². The van der Waals surface area contributed by atoms with Crippen LogP contribution in [0.15, 0.2) is 103 Å². The molecule has 0 saturated heterocycles. The van der Waals surface area contributed by atoms with E-state index in [1.807, 2.05) is 90.1 Å². The van der Waals surface area contributed by atoms with Crippen LogP contribution < -0.4 is 10.5 Å². The Kier molecular flexibility index (Phi) is 15.7. The van der Waals surface area contributed by atoms with Gasteiger partial charge >= 0.3 is 6.09 Å². The van der Waals surface area contributed by atoms with Gasteiger partial charge in [0.25, 0.3) is 0 Å². The number of aliphatic hydroxyl groups excluding tert-OH is 2. The molecule has 6 heteroatoms. The molecule has 0 aromatic heterocycles. The smallest absolute Gasteiger partial charge is 0.404 e. The third-order valence-corrected chi connectivity index (χ3v) is 8.17. The predicted molar refractivity (Wildman–Crippen MR) is 180 cm³/mol. The molecule has 4 N–H and O–H groups in total. The molecular formula is C38H53NO5. The molecule has 0 heterocycles. The third kappa shape index (κ3) is 12.6. The molecule has 0 saturated carbocycles. The van der Waals surface area contributed by atoms with Gasteiger partial charge < -0.3 is 25.4 Å². The third-order valence-electron chi connectivity index (χ3n) is 8.17. The van der Waals surface area contributed by atoms with Gasteiger partial charge in [-0.3, -0.25) is 0 Å². The fourth-order valence-corrected chi connectivity index (χ4v) is 5.65. The fourth-order valence-electron chi connectivity index (χ4n) is 5.65. The molecule has 8 atom stereocenters. The molecule has 2 rings (SSSR count). The van der Waals surface area contributed by atoms with Gasteiger partial charge in [0.2, 0.25) is 0 Å². The summed E-state index contributed by atoms with van der Waals surface area (Å²) in [5, 5.41) is 22.1. The molecule has 2 aromatic carbocycles. The number of hydrogen-bond donors (Lipinski definition) is 3. The second kappa shape index (κ2) is 18.9. The Balaban J connectivity index is 1.86. The summed E-state index contributed by atoms with van der Waals surface area (Å²) < 4.78 is 11.3. The summed E-state index contributed by atoms with van der Waals surface area (Å²) >= 11 is 0. The number of nitrogens with two attached hydrogens (primary N) is 1. The molecule has 0 fully saturated rings. The Morgan fingerprint density at radius 3 is 2.14 bits per heavy atom. The van der Waals surface area contributed by atoms with E-state index in [1.165, 1.54) is 5.56 Å². The second-order valence-electron chi connectivity index (χ2n) is 12.2. The van der Waals surface area contributed by atoms with Crippen molar-refractivity contribution < 1.29 is 24.5 Å². The minimum Gasteiger partial charge on any atom is -0.457 e. The van der Waals surface area contributed by atoms with E-state index in [9.17, 15) is 15.0 Å². The lowest BCUT2D eigenvalue weighted by atomic mass is 9.81. The van der Waals surface area contributed by atoms with E-state index < -0.39 is 24.4 Å². The number of hydrogen-bond acceptors (Lipinski definition) is 5. The first-order valence-electron chi connectivity index (χ1n) is 15.7. The van der Waals surface area contributed by atoms with E-state index >= 15 is 0 Å². The second-order valence-corrected chi connectivity index (χ2v) is 12.2. The van der Waals surface area contributed by atoms with Crippen LogP contribution in [0.4, 0.5) is 4.79 Å². The zero-order valence-electron chi connectivity index (χ0n) is 27.3. The molecule has 0 aliphatic heterocycles. The minimum absolute atomic E-state index is 0.00412. The van der Waals surface area contributed by atoms with Crippen molar-refractivity contribution in [1.82, 2.24) is 0 Å². The summed E-state index contributed by atoms with van der Waals surface area (Å²) in [5.41, 5.74) is 7.65. The van der Waals surface area contributed by atoms with Crippen molar-refractivity contribution >= 4 is 6.09 Å². The lowest BCUT2D eigenvalue weighted by Crippen LogP contribution is -2.41. The van der Waals surface area contributed by atoms with Crippen LogP contribution >= 0.6 is 0 Å². The maximum atomic E-state index is 11.5. The predicted octanol–water partition coefficient (Wildman–Crippen LogP) is 8.41. The van der Waals surface area contributed by atoms with Gasteiger partial charge in [-0.25, -0.2) is 4.79 Å². The Morgan fingerprint density at radius 2 is 1.52 bits per heavy atom. The van der Waals surface area contributed by atoms with Crippen molar-refractivity contribution in [2.75, 3.05) is 0 Å². The summed E-state index contributed by atoms with van der Waals surface area (Å²) in [6.45, 7) is 15.5. The molecule has 0 aliphatic rings. The van der Waals surface area contributed by atoms with E-state index in [0.717, 1.165) is 29.9 Å². The molecule has 0 radical (unpaired) electrons. The van der Waals surface area contributed by atoms with Gasteiger partial charge in [0.1, 0.15) is 17.6 Å². The Bertz CT molecular complexity index is 1220. The first kappa shape index (κ1) is 36.6. The van der Waals surface area contributed by atoms with Gasteiger partial charge in [-0.15, -0.1) is 0 Å². The summed E-state index contributed by atoms with van der Waals surface area (Å²) in [6, 6.07) is 17.9.